The molecule has 0 saturated heterocycles. The molecular weight excluding hydrogens is 256 g/mol. The highest BCUT2D eigenvalue weighted by atomic mass is 15.0. The molecule has 0 bridgehead atoms. The maximum absolute atomic E-state index is 4.53. The van der Waals surface area contributed by atoms with Gasteiger partial charge in [0.05, 0.1) is 5.84 Å². The molecule has 0 aromatic carbocycles. The zero-order valence-corrected chi connectivity index (χ0v) is 14.5. The van der Waals surface area contributed by atoms with E-state index in [-0.39, 0.29) is 0 Å². The Hall–Kier alpha value is -0.530. The van der Waals surface area contributed by atoms with Gasteiger partial charge in [0.2, 0.25) is 0 Å². The van der Waals surface area contributed by atoms with Gasteiger partial charge in [-0.25, -0.2) is 0 Å². The lowest BCUT2D eigenvalue weighted by Crippen LogP contribution is -2.29. The van der Waals surface area contributed by atoms with Crippen LogP contribution in [-0.2, 0) is 0 Å². The van der Waals surface area contributed by atoms with E-state index in [4.69, 9.17) is 0 Å². The van der Waals surface area contributed by atoms with Crippen molar-refractivity contribution in [3.63, 3.8) is 0 Å². The molecule has 0 unspecified atom stereocenters. The molecule has 0 saturated carbocycles. The minimum absolute atomic E-state index is 1.04. The van der Waals surface area contributed by atoms with Crippen LogP contribution in [0.25, 0.3) is 0 Å². The monoisotopic (exact) mass is 294 g/mol. The zero-order valence-electron chi connectivity index (χ0n) is 14.5. The third-order valence-corrected chi connectivity index (χ3v) is 4.48. The van der Waals surface area contributed by atoms with Gasteiger partial charge < -0.3 is 5.32 Å². The van der Waals surface area contributed by atoms with Crippen LogP contribution in [0.1, 0.15) is 103 Å². The first-order valence-corrected chi connectivity index (χ1v) is 9.70. The quantitative estimate of drug-likeness (QED) is 0.399. The van der Waals surface area contributed by atoms with Crippen molar-refractivity contribution >= 4 is 5.84 Å². The Morgan fingerprint density at radius 3 is 1.76 bits per heavy atom. The summed E-state index contributed by atoms with van der Waals surface area (Å²) in [6, 6.07) is 0. The van der Waals surface area contributed by atoms with Crippen LogP contribution in [0.5, 0.6) is 0 Å². The zero-order chi connectivity index (χ0) is 15.0. The highest BCUT2D eigenvalue weighted by Gasteiger charge is 2.02. The summed E-state index contributed by atoms with van der Waals surface area (Å²) in [7, 11) is 0. The molecule has 21 heavy (non-hydrogen) atoms. The molecule has 0 atom stereocenters. The minimum atomic E-state index is 1.04. The van der Waals surface area contributed by atoms with Gasteiger partial charge in [0.1, 0.15) is 0 Å². The SMILES string of the molecule is CCCCCCCCCCCCCCCC1=NCCCN1. The molecule has 0 amide bonds. The fourth-order valence-corrected chi connectivity index (χ4v) is 3.06. The first-order valence-electron chi connectivity index (χ1n) is 9.70. The van der Waals surface area contributed by atoms with Crippen LogP contribution in [0, 0.1) is 0 Å². The average molecular weight is 295 g/mol. The standard InChI is InChI=1S/C19H38N2/c1-2-3-4-5-6-7-8-9-10-11-12-13-14-16-19-20-17-15-18-21-19/h2-18H2,1H3,(H,20,21). The molecule has 1 rings (SSSR count). The van der Waals surface area contributed by atoms with Crippen LogP contribution >= 0.6 is 0 Å². The first kappa shape index (κ1) is 18.5. The molecule has 1 N–H and O–H groups in total. The summed E-state index contributed by atoms with van der Waals surface area (Å²) in [5, 5.41) is 3.41. The fraction of sp³-hybridized carbons (Fsp3) is 0.947. The number of rotatable bonds is 14. The summed E-state index contributed by atoms with van der Waals surface area (Å²) < 4.78 is 0. The second-order valence-corrected chi connectivity index (χ2v) is 6.60. The Bertz CT molecular complexity index is 248. The fourth-order valence-electron chi connectivity index (χ4n) is 3.06. The van der Waals surface area contributed by atoms with Crippen LogP contribution in [-0.4, -0.2) is 18.9 Å². The molecular formula is C19H38N2. The first-order chi connectivity index (χ1) is 10.4. The minimum Gasteiger partial charge on any atom is -0.374 e. The number of hydrogen-bond acceptors (Lipinski definition) is 2. The predicted molar refractivity (Wildman–Crippen MR) is 95.2 cm³/mol. The Kier molecular flexibility index (Phi) is 12.7. The van der Waals surface area contributed by atoms with Crippen LogP contribution in [0.3, 0.4) is 0 Å². The van der Waals surface area contributed by atoms with E-state index in [1.165, 1.54) is 102 Å². The van der Waals surface area contributed by atoms with Crippen LogP contribution in [0.4, 0.5) is 0 Å². The van der Waals surface area contributed by atoms with Crippen molar-refractivity contribution < 1.29 is 0 Å². The van der Waals surface area contributed by atoms with E-state index in [9.17, 15) is 0 Å². The van der Waals surface area contributed by atoms with Crippen molar-refractivity contribution in [1.29, 1.82) is 0 Å². The lowest BCUT2D eigenvalue weighted by Gasteiger charge is -2.14. The summed E-state index contributed by atoms with van der Waals surface area (Å²) in [4.78, 5) is 4.53. The second-order valence-electron chi connectivity index (χ2n) is 6.60. The van der Waals surface area contributed by atoms with Crippen molar-refractivity contribution in [2.24, 2.45) is 4.99 Å². The largest absolute Gasteiger partial charge is 0.374 e. The summed E-state index contributed by atoms with van der Waals surface area (Å²) in [5.41, 5.74) is 0. The molecule has 2 nitrogen and oxygen atoms in total. The van der Waals surface area contributed by atoms with Crippen LogP contribution in [0.2, 0.25) is 0 Å². The van der Waals surface area contributed by atoms with E-state index in [1.54, 1.807) is 0 Å². The van der Waals surface area contributed by atoms with Gasteiger partial charge >= 0.3 is 0 Å². The molecule has 2 heteroatoms. The molecule has 0 spiro atoms. The van der Waals surface area contributed by atoms with E-state index in [0.29, 0.717) is 0 Å². The Morgan fingerprint density at radius 2 is 1.29 bits per heavy atom. The van der Waals surface area contributed by atoms with Crippen molar-refractivity contribution in [2.75, 3.05) is 13.1 Å². The molecule has 124 valence electrons. The van der Waals surface area contributed by atoms with Crippen molar-refractivity contribution in [3.8, 4) is 0 Å². The van der Waals surface area contributed by atoms with Gasteiger partial charge in [0.25, 0.3) is 0 Å². The number of aliphatic imine (C=N–C) groups is 1. The Labute approximate surface area is 133 Å². The van der Waals surface area contributed by atoms with Crippen molar-refractivity contribution in [2.45, 2.75) is 103 Å². The predicted octanol–water partition coefficient (Wildman–Crippen LogP) is 5.86. The molecule has 0 fully saturated rings. The van der Waals surface area contributed by atoms with Crippen molar-refractivity contribution in [3.05, 3.63) is 0 Å². The summed E-state index contributed by atoms with van der Waals surface area (Å²) in [6.45, 7) is 4.47. The molecule has 1 aliphatic heterocycles. The van der Waals surface area contributed by atoms with Crippen LogP contribution in [0.15, 0.2) is 4.99 Å². The van der Waals surface area contributed by atoms with Gasteiger partial charge in [-0.05, 0) is 12.8 Å². The molecule has 0 radical (unpaired) electrons. The highest BCUT2D eigenvalue weighted by molar-refractivity contribution is 5.82. The number of unbranched alkanes of at least 4 members (excludes halogenated alkanes) is 12. The smallest absolute Gasteiger partial charge is 0.0963 e. The summed E-state index contributed by atoms with van der Waals surface area (Å²) >= 11 is 0. The highest BCUT2D eigenvalue weighted by Crippen LogP contribution is 2.13. The molecule has 0 aromatic rings. The summed E-state index contributed by atoms with van der Waals surface area (Å²) in [6.07, 6.45) is 21.0. The average Bonchev–Trinajstić information content (AvgIpc) is 2.53. The maximum atomic E-state index is 4.53. The van der Waals surface area contributed by atoms with E-state index in [1.807, 2.05) is 0 Å². The van der Waals surface area contributed by atoms with Crippen LogP contribution < -0.4 is 5.32 Å². The molecule has 1 heterocycles. The van der Waals surface area contributed by atoms with Gasteiger partial charge in [0.15, 0.2) is 0 Å². The number of amidine groups is 1. The number of hydrogen-bond donors (Lipinski definition) is 1. The number of nitrogens with zero attached hydrogens (tertiary/aromatic N) is 1. The Morgan fingerprint density at radius 1 is 0.762 bits per heavy atom. The van der Waals surface area contributed by atoms with Gasteiger partial charge in [-0.3, -0.25) is 4.99 Å². The van der Waals surface area contributed by atoms with E-state index in [2.05, 4.69) is 17.2 Å². The lowest BCUT2D eigenvalue weighted by atomic mass is 10.0. The van der Waals surface area contributed by atoms with Gasteiger partial charge in [-0.2, -0.15) is 0 Å². The molecule has 1 aliphatic rings. The third-order valence-electron chi connectivity index (χ3n) is 4.48. The summed E-state index contributed by atoms with van der Waals surface area (Å²) in [5.74, 6) is 1.27. The van der Waals surface area contributed by atoms with E-state index < -0.39 is 0 Å². The van der Waals surface area contributed by atoms with E-state index in [0.717, 1.165) is 13.1 Å². The number of nitrogens with one attached hydrogen (secondary N) is 1. The topological polar surface area (TPSA) is 24.4 Å². The van der Waals surface area contributed by atoms with Gasteiger partial charge in [-0.1, -0.05) is 84.0 Å². The van der Waals surface area contributed by atoms with Gasteiger partial charge in [-0.15, -0.1) is 0 Å². The van der Waals surface area contributed by atoms with E-state index >= 15 is 0 Å². The third kappa shape index (κ3) is 11.8. The maximum Gasteiger partial charge on any atom is 0.0963 e. The normalized spacial score (nSPS) is 14.8. The van der Waals surface area contributed by atoms with Gasteiger partial charge in [0, 0.05) is 19.5 Å². The van der Waals surface area contributed by atoms with Crippen molar-refractivity contribution in [1.82, 2.24) is 5.32 Å². The second kappa shape index (κ2) is 14.4. The molecule has 0 aliphatic carbocycles. The Balaban J connectivity index is 1.71. The molecule has 0 aromatic heterocycles. The lowest BCUT2D eigenvalue weighted by molar-refractivity contribution is 0.540.